The molecule has 0 aliphatic heterocycles. The first-order chi connectivity index (χ1) is 11.4. The van der Waals surface area contributed by atoms with Crippen LogP contribution in [0, 0.1) is 0 Å². The average Bonchev–Trinajstić information content (AvgIpc) is 3.06. The normalized spacial score (nSPS) is 14.1. The summed E-state index contributed by atoms with van der Waals surface area (Å²) in [6.07, 6.45) is 7.78. The maximum absolute atomic E-state index is 6.34. The smallest absolute Gasteiger partial charge is 0.108 e. The molecule has 0 unspecified atom stereocenters. The van der Waals surface area contributed by atoms with Crippen molar-refractivity contribution in [1.82, 2.24) is 9.55 Å². The first-order valence-electron chi connectivity index (χ1n) is 8.15. The molecule has 4 rings (SSSR count). The van der Waals surface area contributed by atoms with E-state index in [0.717, 1.165) is 19.4 Å². The molecule has 0 atom stereocenters. The van der Waals surface area contributed by atoms with Crippen LogP contribution in [-0.2, 0) is 24.1 Å². The Balaban J connectivity index is 1.63. The molecule has 0 bridgehead atoms. The van der Waals surface area contributed by atoms with Gasteiger partial charge in [-0.3, -0.25) is 0 Å². The van der Waals surface area contributed by atoms with Crippen molar-refractivity contribution in [3.8, 4) is 0 Å². The van der Waals surface area contributed by atoms with E-state index in [9.17, 15) is 0 Å². The molecule has 2 aromatic carbocycles. The Labute approximate surface area is 136 Å². The van der Waals surface area contributed by atoms with E-state index in [1.807, 2.05) is 12.5 Å². The van der Waals surface area contributed by atoms with Crippen LogP contribution in [-0.4, -0.2) is 16.2 Å². The van der Waals surface area contributed by atoms with Gasteiger partial charge in [-0.1, -0.05) is 48.5 Å². The highest BCUT2D eigenvalue weighted by Gasteiger charge is 2.23. The molecule has 3 heteroatoms. The first-order valence-corrected chi connectivity index (χ1v) is 8.15. The van der Waals surface area contributed by atoms with Gasteiger partial charge >= 0.3 is 0 Å². The summed E-state index contributed by atoms with van der Waals surface area (Å²) in [4.78, 5) is 4.08. The molecule has 0 saturated carbocycles. The molecule has 0 saturated heterocycles. The largest absolute Gasteiger partial charge is 0.367 e. The van der Waals surface area contributed by atoms with E-state index in [-0.39, 0.29) is 6.10 Å². The number of ether oxygens (including phenoxy) is 1. The highest BCUT2D eigenvalue weighted by atomic mass is 16.5. The molecule has 3 nitrogen and oxygen atoms in total. The van der Waals surface area contributed by atoms with Gasteiger partial charge in [0.1, 0.15) is 6.10 Å². The summed E-state index contributed by atoms with van der Waals surface area (Å²) >= 11 is 0. The van der Waals surface area contributed by atoms with Crippen LogP contribution < -0.4 is 0 Å². The van der Waals surface area contributed by atoms with E-state index >= 15 is 0 Å². The van der Waals surface area contributed by atoms with Gasteiger partial charge in [0.25, 0.3) is 0 Å². The summed E-state index contributed by atoms with van der Waals surface area (Å²) in [6.45, 7) is 1.49. The zero-order valence-electron chi connectivity index (χ0n) is 13.1. The summed E-state index contributed by atoms with van der Waals surface area (Å²) < 4.78 is 8.39. The molecule has 3 aromatic rings. The van der Waals surface area contributed by atoms with Crippen molar-refractivity contribution in [3.05, 3.63) is 89.5 Å². The molecule has 1 aromatic heterocycles. The second-order valence-electron chi connectivity index (χ2n) is 5.95. The molecule has 0 spiro atoms. The fraction of sp³-hybridized carbons (Fsp3) is 0.250. The van der Waals surface area contributed by atoms with Crippen molar-refractivity contribution in [2.75, 3.05) is 6.61 Å². The van der Waals surface area contributed by atoms with Crippen LogP contribution >= 0.6 is 0 Å². The second-order valence-corrected chi connectivity index (χ2v) is 5.95. The Morgan fingerprint density at radius 2 is 1.61 bits per heavy atom. The van der Waals surface area contributed by atoms with E-state index in [4.69, 9.17) is 4.74 Å². The van der Waals surface area contributed by atoms with Crippen LogP contribution in [0.25, 0.3) is 0 Å². The molecule has 0 radical (unpaired) electrons. The van der Waals surface area contributed by atoms with Crippen molar-refractivity contribution < 1.29 is 4.74 Å². The molecule has 1 aliphatic rings. The minimum Gasteiger partial charge on any atom is -0.367 e. The third kappa shape index (κ3) is 2.92. The zero-order valence-corrected chi connectivity index (χ0v) is 13.1. The van der Waals surface area contributed by atoms with Crippen molar-refractivity contribution in [2.24, 2.45) is 0 Å². The van der Waals surface area contributed by atoms with Crippen LogP contribution in [0.4, 0.5) is 0 Å². The SMILES string of the molecule is c1ccc2c(c1)CCc1ccccc1C2OCCn1ccnc1. The number of nitrogens with zero attached hydrogens (tertiary/aromatic N) is 2. The van der Waals surface area contributed by atoms with Gasteiger partial charge in [0.05, 0.1) is 12.9 Å². The first kappa shape index (κ1) is 14.2. The van der Waals surface area contributed by atoms with Crippen molar-refractivity contribution in [2.45, 2.75) is 25.5 Å². The van der Waals surface area contributed by atoms with E-state index < -0.39 is 0 Å². The van der Waals surface area contributed by atoms with Crippen LogP contribution in [0.15, 0.2) is 67.3 Å². The number of rotatable bonds is 4. The lowest BCUT2D eigenvalue weighted by Gasteiger charge is -2.21. The maximum Gasteiger partial charge on any atom is 0.108 e. The van der Waals surface area contributed by atoms with E-state index in [0.29, 0.717) is 6.61 Å². The molecule has 0 amide bonds. The Hall–Kier alpha value is -2.39. The summed E-state index contributed by atoms with van der Waals surface area (Å²) in [5, 5.41) is 0. The van der Waals surface area contributed by atoms with Crippen LogP contribution in [0.5, 0.6) is 0 Å². The van der Waals surface area contributed by atoms with Crippen molar-refractivity contribution >= 4 is 0 Å². The summed E-state index contributed by atoms with van der Waals surface area (Å²) in [7, 11) is 0. The van der Waals surface area contributed by atoms with Gasteiger partial charge in [0.15, 0.2) is 0 Å². The third-order valence-corrected chi connectivity index (χ3v) is 4.53. The molecule has 116 valence electrons. The fourth-order valence-corrected chi connectivity index (χ4v) is 3.35. The molecule has 0 fully saturated rings. The van der Waals surface area contributed by atoms with Gasteiger partial charge in [-0.2, -0.15) is 0 Å². The molecular weight excluding hydrogens is 284 g/mol. The maximum atomic E-state index is 6.34. The number of hydrogen-bond acceptors (Lipinski definition) is 2. The number of benzene rings is 2. The summed E-state index contributed by atoms with van der Waals surface area (Å²) in [5.74, 6) is 0. The molecular formula is C20H20N2O. The van der Waals surface area contributed by atoms with E-state index in [1.54, 1.807) is 6.20 Å². The second kappa shape index (κ2) is 6.39. The number of aromatic nitrogens is 2. The van der Waals surface area contributed by atoms with E-state index in [1.165, 1.54) is 22.3 Å². The zero-order chi connectivity index (χ0) is 15.5. The van der Waals surface area contributed by atoms with Gasteiger partial charge in [0.2, 0.25) is 0 Å². The fourth-order valence-electron chi connectivity index (χ4n) is 3.35. The minimum absolute atomic E-state index is 0.0217. The number of hydrogen-bond donors (Lipinski definition) is 0. The highest BCUT2D eigenvalue weighted by molar-refractivity contribution is 5.43. The van der Waals surface area contributed by atoms with Crippen LogP contribution in [0.2, 0.25) is 0 Å². The third-order valence-electron chi connectivity index (χ3n) is 4.53. The Morgan fingerprint density at radius 3 is 2.22 bits per heavy atom. The lowest BCUT2D eigenvalue weighted by atomic mass is 9.97. The standard InChI is InChI=1S/C20H20N2O/c1-3-7-18-16(5-1)9-10-17-6-2-4-8-19(17)20(18)23-14-13-22-12-11-21-15-22/h1-8,11-12,15,20H,9-10,13-14H2. The highest BCUT2D eigenvalue weighted by Crippen LogP contribution is 2.34. The van der Waals surface area contributed by atoms with Gasteiger partial charge in [0, 0.05) is 18.9 Å². The lowest BCUT2D eigenvalue weighted by Crippen LogP contribution is -2.12. The number of fused-ring (bicyclic) bond motifs is 2. The molecule has 1 heterocycles. The molecule has 0 N–H and O–H groups in total. The Bertz CT molecular complexity index is 732. The number of imidazole rings is 1. The van der Waals surface area contributed by atoms with Crippen molar-refractivity contribution in [1.29, 1.82) is 0 Å². The van der Waals surface area contributed by atoms with Gasteiger partial charge < -0.3 is 9.30 Å². The van der Waals surface area contributed by atoms with Gasteiger partial charge in [-0.15, -0.1) is 0 Å². The van der Waals surface area contributed by atoms with Crippen LogP contribution in [0.3, 0.4) is 0 Å². The predicted octanol–water partition coefficient (Wildman–Crippen LogP) is 3.79. The summed E-state index contributed by atoms with van der Waals surface area (Å²) in [5.41, 5.74) is 5.42. The Morgan fingerprint density at radius 1 is 0.957 bits per heavy atom. The quantitative estimate of drug-likeness (QED) is 0.733. The topological polar surface area (TPSA) is 27.1 Å². The predicted molar refractivity (Wildman–Crippen MR) is 90.3 cm³/mol. The molecule has 23 heavy (non-hydrogen) atoms. The molecule has 1 aliphatic carbocycles. The van der Waals surface area contributed by atoms with Crippen molar-refractivity contribution in [3.63, 3.8) is 0 Å². The van der Waals surface area contributed by atoms with E-state index in [2.05, 4.69) is 58.1 Å². The number of aryl methyl sites for hydroxylation is 2. The van der Waals surface area contributed by atoms with Gasteiger partial charge in [-0.25, -0.2) is 4.98 Å². The average molecular weight is 304 g/mol. The summed E-state index contributed by atoms with van der Waals surface area (Å²) in [6, 6.07) is 17.3. The minimum atomic E-state index is 0.0217. The Kier molecular flexibility index (Phi) is 3.95. The lowest BCUT2D eigenvalue weighted by molar-refractivity contribution is 0.0734. The van der Waals surface area contributed by atoms with Crippen LogP contribution in [0.1, 0.15) is 28.4 Å². The van der Waals surface area contributed by atoms with Gasteiger partial charge in [-0.05, 0) is 35.1 Å². The monoisotopic (exact) mass is 304 g/mol.